The predicted molar refractivity (Wildman–Crippen MR) is 100 cm³/mol. The molecule has 1 fully saturated rings. The van der Waals surface area contributed by atoms with E-state index >= 15 is 0 Å². The van der Waals surface area contributed by atoms with E-state index in [1.807, 2.05) is 37.4 Å². The average Bonchev–Trinajstić information content (AvgIpc) is 3.16. The fourth-order valence-corrected chi connectivity index (χ4v) is 3.57. The molecule has 2 aromatic carbocycles. The van der Waals surface area contributed by atoms with Gasteiger partial charge in [0.25, 0.3) is 5.91 Å². The van der Waals surface area contributed by atoms with Gasteiger partial charge >= 0.3 is 0 Å². The molecule has 4 nitrogen and oxygen atoms in total. The molecule has 0 saturated carbocycles. The Hall–Kier alpha value is -2.04. The first-order chi connectivity index (χ1) is 12.1. The molecule has 0 unspecified atom stereocenters. The molecular weight excluding hydrogens is 336 g/mol. The van der Waals surface area contributed by atoms with Gasteiger partial charge in [-0.2, -0.15) is 0 Å². The smallest absolute Gasteiger partial charge is 0.254 e. The lowest BCUT2D eigenvalue weighted by Gasteiger charge is -2.22. The number of ether oxygens (including phenoxy) is 1. The molecule has 1 saturated heterocycles. The largest absolute Gasteiger partial charge is 0.496 e. The van der Waals surface area contributed by atoms with Crippen molar-refractivity contribution in [3.8, 4) is 5.75 Å². The molecule has 1 aliphatic rings. The topological polar surface area (TPSA) is 41.6 Å². The van der Waals surface area contributed by atoms with Gasteiger partial charge in [-0.15, -0.1) is 0 Å². The van der Waals surface area contributed by atoms with E-state index in [0.717, 1.165) is 42.0 Å². The Morgan fingerprint density at radius 1 is 1.32 bits per heavy atom. The summed E-state index contributed by atoms with van der Waals surface area (Å²) in [5.41, 5.74) is 2.80. The van der Waals surface area contributed by atoms with Crippen LogP contribution in [0, 0.1) is 0 Å². The molecule has 1 N–H and O–H groups in total. The first-order valence-electron chi connectivity index (χ1n) is 8.47. The Kier molecular flexibility index (Phi) is 5.61. The molecule has 3 rings (SSSR count). The van der Waals surface area contributed by atoms with Crippen LogP contribution in [0.2, 0.25) is 5.02 Å². The molecular formula is C20H23ClN2O2. The minimum absolute atomic E-state index is 0.0181. The summed E-state index contributed by atoms with van der Waals surface area (Å²) in [5.74, 6) is 1.15. The van der Waals surface area contributed by atoms with Gasteiger partial charge in [0.1, 0.15) is 5.75 Å². The molecule has 1 amide bonds. The minimum atomic E-state index is 0.0181. The lowest BCUT2D eigenvalue weighted by molar-refractivity contribution is 0.0782. The third kappa shape index (κ3) is 3.97. The van der Waals surface area contributed by atoms with Crippen molar-refractivity contribution in [2.24, 2.45) is 0 Å². The van der Waals surface area contributed by atoms with E-state index < -0.39 is 0 Å². The molecule has 0 bridgehead atoms. The van der Waals surface area contributed by atoms with Crippen LogP contribution in [0.25, 0.3) is 0 Å². The van der Waals surface area contributed by atoms with Gasteiger partial charge in [-0.1, -0.05) is 29.8 Å². The van der Waals surface area contributed by atoms with Crippen molar-refractivity contribution in [3.63, 3.8) is 0 Å². The van der Waals surface area contributed by atoms with Crippen LogP contribution < -0.4 is 10.1 Å². The normalized spacial score (nSPS) is 16.7. The van der Waals surface area contributed by atoms with E-state index in [1.54, 1.807) is 18.1 Å². The number of hydrogen-bond donors (Lipinski definition) is 1. The number of amides is 1. The zero-order valence-corrected chi connectivity index (χ0v) is 15.3. The number of nitrogens with zero attached hydrogens (tertiary/aromatic N) is 1. The second-order valence-electron chi connectivity index (χ2n) is 6.39. The third-order valence-electron chi connectivity index (χ3n) is 4.69. The molecule has 1 heterocycles. The molecule has 0 aromatic heterocycles. The minimum Gasteiger partial charge on any atom is -0.496 e. The highest BCUT2D eigenvalue weighted by Crippen LogP contribution is 2.28. The Bertz CT molecular complexity index is 757. The van der Waals surface area contributed by atoms with Gasteiger partial charge in [0.2, 0.25) is 0 Å². The van der Waals surface area contributed by atoms with Crippen LogP contribution in [0.3, 0.4) is 0 Å². The summed E-state index contributed by atoms with van der Waals surface area (Å²) >= 11 is 6.10. The van der Waals surface area contributed by atoms with Crippen LogP contribution in [0.1, 0.15) is 33.8 Å². The molecule has 1 atom stereocenters. The summed E-state index contributed by atoms with van der Waals surface area (Å²) in [6.45, 7) is 2.37. The SMILES string of the molecule is COc1ccc(Cl)cc1CN(C)C(=O)c1ccccc1[C@@H]1CCNC1. The highest BCUT2D eigenvalue weighted by Gasteiger charge is 2.24. The molecule has 0 radical (unpaired) electrons. The van der Waals surface area contributed by atoms with Crippen molar-refractivity contribution in [1.82, 2.24) is 10.2 Å². The second-order valence-corrected chi connectivity index (χ2v) is 6.83. The summed E-state index contributed by atoms with van der Waals surface area (Å²) in [6, 6.07) is 13.4. The summed E-state index contributed by atoms with van der Waals surface area (Å²) < 4.78 is 5.39. The fourth-order valence-electron chi connectivity index (χ4n) is 3.37. The van der Waals surface area contributed by atoms with Crippen molar-refractivity contribution in [1.29, 1.82) is 0 Å². The van der Waals surface area contributed by atoms with E-state index in [0.29, 0.717) is 17.5 Å². The zero-order valence-electron chi connectivity index (χ0n) is 14.6. The quantitative estimate of drug-likeness (QED) is 0.886. The standard InChI is InChI=1S/C20H23ClN2O2/c1-23(13-15-11-16(21)7-8-19(15)25-2)20(24)18-6-4-3-5-17(18)14-9-10-22-12-14/h3-8,11,14,22H,9-10,12-13H2,1-2H3/t14-/m1/s1. The highest BCUT2D eigenvalue weighted by atomic mass is 35.5. The van der Waals surface area contributed by atoms with E-state index in [-0.39, 0.29) is 5.91 Å². The van der Waals surface area contributed by atoms with Gasteiger partial charge in [-0.05, 0) is 48.7 Å². The number of nitrogens with one attached hydrogen (secondary N) is 1. The van der Waals surface area contributed by atoms with Crippen LogP contribution in [0.5, 0.6) is 5.75 Å². The molecule has 25 heavy (non-hydrogen) atoms. The van der Waals surface area contributed by atoms with Gasteiger partial charge < -0.3 is 15.0 Å². The third-order valence-corrected chi connectivity index (χ3v) is 4.92. The summed E-state index contributed by atoms with van der Waals surface area (Å²) in [4.78, 5) is 14.8. The summed E-state index contributed by atoms with van der Waals surface area (Å²) in [7, 11) is 3.43. The van der Waals surface area contributed by atoms with E-state index in [4.69, 9.17) is 16.3 Å². The van der Waals surface area contributed by atoms with Gasteiger partial charge in [0.05, 0.1) is 7.11 Å². The van der Waals surface area contributed by atoms with Crippen LogP contribution in [0.4, 0.5) is 0 Å². The van der Waals surface area contributed by atoms with Crippen molar-refractivity contribution in [2.45, 2.75) is 18.9 Å². The van der Waals surface area contributed by atoms with E-state index in [9.17, 15) is 4.79 Å². The Morgan fingerprint density at radius 2 is 2.12 bits per heavy atom. The Balaban J connectivity index is 1.83. The molecule has 132 valence electrons. The number of hydrogen-bond acceptors (Lipinski definition) is 3. The maximum atomic E-state index is 13.0. The molecule has 2 aromatic rings. The van der Waals surface area contributed by atoms with Crippen LogP contribution >= 0.6 is 11.6 Å². The predicted octanol–water partition coefficient (Wildman–Crippen LogP) is 3.70. The Labute approximate surface area is 153 Å². The maximum absolute atomic E-state index is 13.0. The molecule has 1 aliphatic heterocycles. The molecule has 5 heteroatoms. The van der Waals surface area contributed by atoms with Crippen LogP contribution in [-0.2, 0) is 6.54 Å². The van der Waals surface area contributed by atoms with Gasteiger partial charge in [-0.25, -0.2) is 0 Å². The molecule has 0 spiro atoms. The van der Waals surface area contributed by atoms with Gasteiger partial charge in [0.15, 0.2) is 0 Å². The highest BCUT2D eigenvalue weighted by molar-refractivity contribution is 6.30. The first kappa shape index (κ1) is 17.8. The number of carbonyl (C=O) groups excluding carboxylic acids is 1. The number of carbonyl (C=O) groups is 1. The average molecular weight is 359 g/mol. The second kappa shape index (κ2) is 7.89. The van der Waals surface area contributed by atoms with Gasteiger partial charge in [-0.3, -0.25) is 4.79 Å². The zero-order chi connectivity index (χ0) is 17.8. The lowest BCUT2D eigenvalue weighted by Crippen LogP contribution is -2.28. The number of halogens is 1. The number of rotatable bonds is 5. The molecule has 0 aliphatic carbocycles. The van der Waals surface area contributed by atoms with Gasteiger partial charge in [0, 0.05) is 36.3 Å². The fraction of sp³-hybridized carbons (Fsp3) is 0.350. The lowest BCUT2D eigenvalue weighted by atomic mass is 9.93. The maximum Gasteiger partial charge on any atom is 0.254 e. The first-order valence-corrected chi connectivity index (χ1v) is 8.85. The summed E-state index contributed by atoms with van der Waals surface area (Å²) in [6.07, 6.45) is 1.07. The summed E-state index contributed by atoms with van der Waals surface area (Å²) in [5, 5.41) is 4.00. The van der Waals surface area contributed by atoms with E-state index in [2.05, 4.69) is 11.4 Å². The van der Waals surface area contributed by atoms with Crippen molar-refractivity contribution in [2.75, 3.05) is 27.2 Å². The monoisotopic (exact) mass is 358 g/mol. The van der Waals surface area contributed by atoms with E-state index in [1.165, 1.54) is 0 Å². The Morgan fingerprint density at radius 3 is 2.84 bits per heavy atom. The van der Waals surface area contributed by atoms with Crippen LogP contribution in [0.15, 0.2) is 42.5 Å². The van der Waals surface area contributed by atoms with Crippen molar-refractivity contribution in [3.05, 3.63) is 64.2 Å². The van der Waals surface area contributed by atoms with Crippen molar-refractivity contribution >= 4 is 17.5 Å². The van der Waals surface area contributed by atoms with Crippen LogP contribution in [-0.4, -0.2) is 38.1 Å². The van der Waals surface area contributed by atoms with Crippen molar-refractivity contribution < 1.29 is 9.53 Å². The number of methoxy groups -OCH3 is 1. The number of benzene rings is 2.